The van der Waals surface area contributed by atoms with Crippen molar-refractivity contribution in [1.82, 2.24) is 15.1 Å². The first kappa shape index (κ1) is 18.7. The minimum atomic E-state index is -2.46. The summed E-state index contributed by atoms with van der Waals surface area (Å²) in [6.45, 7) is 0.964. The standard InChI is InChI=1S/C18H22F3N3O2/c1-25-15-4-2-3-14(17(15)21)18(5-7-26-8-6-18)22-9-13-10-23-24(11-13)12-16(19)20/h2-4,10-11,16,22H,5-9,12H2,1H3. The molecule has 26 heavy (non-hydrogen) atoms. The van der Waals surface area contributed by atoms with Crippen molar-refractivity contribution < 1.29 is 22.6 Å². The molecule has 0 amide bonds. The van der Waals surface area contributed by atoms with Crippen molar-refractivity contribution in [2.24, 2.45) is 0 Å². The molecular formula is C18H22F3N3O2. The zero-order chi connectivity index (χ0) is 18.6. The first-order chi connectivity index (χ1) is 12.5. The van der Waals surface area contributed by atoms with Crippen LogP contribution in [0.4, 0.5) is 13.2 Å². The summed E-state index contributed by atoms with van der Waals surface area (Å²) < 4.78 is 51.6. The molecule has 142 valence electrons. The summed E-state index contributed by atoms with van der Waals surface area (Å²) in [4.78, 5) is 0. The largest absolute Gasteiger partial charge is 0.494 e. The Kier molecular flexibility index (Phi) is 5.83. The fourth-order valence-corrected chi connectivity index (χ4v) is 3.31. The molecule has 1 N–H and O–H groups in total. The maximum atomic E-state index is 14.9. The van der Waals surface area contributed by atoms with Crippen LogP contribution in [0.25, 0.3) is 0 Å². The van der Waals surface area contributed by atoms with Gasteiger partial charge < -0.3 is 14.8 Å². The minimum absolute atomic E-state index is 0.194. The highest BCUT2D eigenvalue weighted by Crippen LogP contribution is 2.36. The molecule has 8 heteroatoms. The van der Waals surface area contributed by atoms with Crippen LogP contribution in [0.1, 0.15) is 24.0 Å². The van der Waals surface area contributed by atoms with E-state index in [4.69, 9.17) is 9.47 Å². The van der Waals surface area contributed by atoms with E-state index in [0.717, 1.165) is 5.56 Å². The Hall–Kier alpha value is -2.06. The molecule has 1 aliphatic heterocycles. The smallest absolute Gasteiger partial charge is 0.257 e. The van der Waals surface area contributed by atoms with Crippen molar-refractivity contribution in [3.05, 3.63) is 47.5 Å². The highest BCUT2D eigenvalue weighted by Gasteiger charge is 2.37. The van der Waals surface area contributed by atoms with E-state index in [0.29, 0.717) is 38.2 Å². The summed E-state index contributed by atoms with van der Waals surface area (Å²) in [6.07, 6.45) is 1.87. The van der Waals surface area contributed by atoms with E-state index >= 15 is 0 Å². The number of ether oxygens (including phenoxy) is 2. The van der Waals surface area contributed by atoms with Crippen LogP contribution in [0.3, 0.4) is 0 Å². The average Bonchev–Trinajstić information content (AvgIpc) is 3.07. The topological polar surface area (TPSA) is 48.3 Å². The van der Waals surface area contributed by atoms with Crippen molar-refractivity contribution in [2.75, 3.05) is 20.3 Å². The first-order valence-corrected chi connectivity index (χ1v) is 8.49. The number of nitrogens with one attached hydrogen (secondary N) is 1. The van der Waals surface area contributed by atoms with Gasteiger partial charge in [0.15, 0.2) is 11.6 Å². The third kappa shape index (κ3) is 4.02. The van der Waals surface area contributed by atoms with Crippen LogP contribution in [0.15, 0.2) is 30.6 Å². The summed E-state index contributed by atoms with van der Waals surface area (Å²) in [5.74, 6) is -0.197. The second-order valence-corrected chi connectivity index (χ2v) is 6.33. The fraction of sp³-hybridized carbons (Fsp3) is 0.500. The summed E-state index contributed by atoms with van der Waals surface area (Å²) in [5, 5.41) is 7.35. The molecule has 1 aliphatic rings. The second kappa shape index (κ2) is 8.09. The zero-order valence-corrected chi connectivity index (χ0v) is 14.6. The van der Waals surface area contributed by atoms with E-state index in [1.165, 1.54) is 11.8 Å². The maximum Gasteiger partial charge on any atom is 0.257 e. The number of benzene rings is 1. The first-order valence-electron chi connectivity index (χ1n) is 8.49. The van der Waals surface area contributed by atoms with Gasteiger partial charge in [0.05, 0.1) is 18.8 Å². The van der Waals surface area contributed by atoms with Gasteiger partial charge in [-0.3, -0.25) is 4.68 Å². The van der Waals surface area contributed by atoms with Crippen LogP contribution in [0, 0.1) is 5.82 Å². The van der Waals surface area contributed by atoms with E-state index in [9.17, 15) is 13.2 Å². The van der Waals surface area contributed by atoms with E-state index in [1.807, 2.05) is 0 Å². The van der Waals surface area contributed by atoms with Crippen LogP contribution in [-0.4, -0.2) is 36.5 Å². The predicted molar refractivity (Wildman–Crippen MR) is 89.8 cm³/mol. The Labute approximate surface area is 150 Å². The van der Waals surface area contributed by atoms with Crippen LogP contribution in [-0.2, 0) is 23.4 Å². The Morgan fingerprint density at radius 2 is 2.12 bits per heavy atom. The predicted octanol–water partition coefficient (Wildman–Crippen LogP) is 3.09. The van der Waals surface area contributed by atoms with Gasteiger partial charge in [-0.25, -0.2) is 13.2 Å². The minimum Gasteiger partial charge on any atom is -0.494 e. The second-order valence-electron chi connectivity index (χ2n) is 6.33. The fourth-order valence-electron chi connectivity index (χ4n) is 3.31. The lowest BCUT2D eigenvalue weighted by Crippen LogP contribution is -2.47. The molecule has 1 aromatic heterocycles. The van der Waals surface area contributed by atoms with E-state index in [2.05, 4.69) is 10.4 Å². The Bertz CT molecular complexity index is 730. The van der Waals surface area contributed by atoms with Gasteiger partial charge in [0.1, 0.15) is 6.54 Å². The number of aromatic nitrogens is 2. The van der Waals surface area contributed by atoms with Crippen molar-refractivity contribution in [2.45, 2.75) is 37.9 Å². The zero-order valence-electron chi connectivity index (χ0n) is 14.6. The van der Waals surface area contributed by atoms with Gasteiger partial charge in [-0.15, -0.1) is 0 Å². The molecule has 2 heterocycles. The van der Waals surface area contributed by atoms with Crippen molar-refractivity contribution >= 4 is 0 Å². The van der Waals surface area contributed by atoms with Gasteiger partial charge in [-0.2, -0.15) is 5.10 Å². The van der Waals surface area contributed by atoms with Gasteiger partial charge in [-0.05, 0) is 18.9 Å². The molecule has 1 saturated heterocycles. The number of hydrogen-bond donors (Lipinski definition) is 1. The average molecular weight is 369 g/mol. The third-order valence-corrected chi connectivity index (χ3v) is 4.69. The Balaban J connectivity index is 1.81. The number of rotatable bonds is 7. The van der Waals surface area contributed by atoms with Crippen molar-refractivity contribution in [1.29, 1.82) is 0 Å². The highest BCUT2D eigenvalue weighted by atomic mass is 19.3. The number of methoxy groups -OCH3 is 1. The maximum absolute atomic E-state index is 14.9. The number of alkyl halides is 2. The molecule has 0 spiro atoms. The molecule has 0 aliphatic carbocycles. The molecule has 0 radical (unpaired) electrons. The van der Waals surface area contributed by atoms with Crippen molar-refractivity contribution in [3.63, 3.8) is 0 Å². The van der Waals surface area contributed by atoms with E-state index in [-0.39, 0.29) is 5.75 Å². The summed E-state index contributed by atoms with van der Waals surface area (Å²) in [6, 6.07) is 5.09. The molecule has 0 saturated carbocycles. The van der Waals surface area contributed by atoms with E-state index in [1.54, 1.807) is 30.6 Å². The molecule has 3 rings (SSSR count). The van der Waals surface area contributed by atoms with Crippen LogP contribution >= 0.6 is 0 Å². The lowest BCUT2D eigenvalue weighted by molar-refractivity contribution is 0.0342. The molecule has 2 aromatic rings. The molecule has 1 aromatic carbocycles. The molecule has 0 unspecified atom stereocenters. The van der Waals surface area contributed by atoms with Crippen LogP contribution in [0.5, 0.6) is 5.75 Å². The number of nitrogens with zero attached hydrogens (tertiary/aromatic N) is 2. The summed E-state index contributed by atoms with van der Waals surface area (Å²) in [5.41, 5.74) is 0.682. The lowest BCUT2D eigenvalue weighted by Gasteiger charge is -2.39. The quantitative estimate of drug-likeness (QED) is 0.815. The Morgan fingerprint density at radius 1 is 1.35 bits per heavy atom. The molecule has 1 fully saturated rings. The normalized spacial score (nSPS) is 16.8. The monoisotopic (exact) mass is 369 g/mol. The molecular weight excluding hydrogens is 347 g/mol. The molecule has 5 nitrogen and oxygen atoms in total. The highest BCUT2D eigenvalue weighted by molar-refractivity contribution is 5.36. The summed E-state index contributed by atoms with van der Waals surface area (Å²) in [7, 11) is 1.43. The van der Waals surface area contributed by atoms with Crippen LogP contribution < -0.4 is 10.1 Å². The third-order valence-electron chi connectivity index (χ3n) is 4.69. The van der Waals surface area contributed by atoms with Gasteiger partial charge >= 0.3 is 0 Å². The Morgan fingerprint density at radius 3 is 2.81 bits per heavy atom. The van der Waals surface area contributed by atoms with Gasteiger partial charge in [0, 0.05) is 37.1 Å². The lowest BCUT2D eigenvalue weighted by atomic mass is 9.82. The molecule has 0 atom stereocenters. The number of hydrogen-bond acceptors (Lipinski definition) is 4. The summed E-state index contributed by atoms with van der Waals surface area (Å²) >= 11 is 0. The van der Waals surface area contributed by atoms with Crippen molar-refractivity contribution in [3.8, 4) is 5.75 Å². The SMILES string of the molecule is COc1cccc(C2(NCc3cnn(CC(F)F)c3)CCOCC2)c1F. The van der Waals surface area contributed by atoms with Crippen LogP contribution in [0.2, 0.25) is 0 Å². The molecule has 0 bridgehead atoms. The number of halogens is 3. The van der Waals surface area contributed by atoms with Gasteiger partial charge in [-0.1, -0.05) is 12.1 Å². The van der Waals surface area contributed by atoms with Gasteiger partial charge in [0.25, 0.3) is 6.43 Å². The van der Waals surface area contributed by atoms with Gasteiger partial charge in [0.2, 0.25) is 0 Å². The van der Waals surface area contributed by atoms with E-state index < -0.39 is 24.3 Å².